The molecule has 0 aliphatic rings. The average Bonchev–Trinajstić information content (AvgIpc) is 2.66. The SMILES string of the molecule is CC[S@@](=O)c1ccccc1C(=O)OCC(=O)Nc1ccc(SC(F)F)cc1. The lowest BCUT2D eigenvalue weighted by molar-refractivity contribution is -0.119. The van der Waals surface area contributed by atoms with Crippen molar-refractivity contribution in [2.24, 2.45) is 0 Å². The number of halogens is 2. The molecular formula is C18H17F2NO4S2. The van der Waals surface area contributed by atoms with Crippen LogP contribution in [0.25, 0.3) is 0 Å². The number of ether oxygens (including phenoxy) is 1. The van der Waals surface area contributed by atoms with Crippen LogP contribution in [0.2, 0.25) is 0 Å². The van der Waals surface area contributed by atoms with E-state index in [0.717, 1.165) is 0 Å². The maximum atomic E-state index is 12.3. The number of alkyl halides is 2. The van der Waals surface area contributed by atoms with Crippen molar-refractivity contribution < 1.29 is 27.3 Å². The van der Waals surface area contributed by atoms with Gasteiger partial charge in [-0.3, -0.25) is 9.00 Å². The molecule has 1 atom stereocenters. The van der Waals surface area contributed by atoms with Crippen molar-refractivity contribution in [1.82, 2.24) is 0 Å². The molecule has 27 heavy (non-hydrogen) atoms. The highest BCUT2D eigenvalue weighted by Crippen LogP contribution is 2.26. The van der Waals surface area contributed by atoms with E-state index in [-0.39, 0.29) is 5.56 Å². The fraction of sp³-hybridized carbons (Fsp3) is 0.222. The first-order chi connectivity index (χ1) is 12.9. The van der Waals surface area contributed by atoms with Gasteiger partial charge in [0, 0.05) is 16.3 Å². The number of anilines is 1. The van der Waals surface area contributed by atoms with Gasteiger partial charge in [-0.05, 0) is 36.4 Å². The summed E-state index contributed by atoms with van der Waals surface area (Å²) in [5, 5.41) is 2.50. The number of hydrogen-bond donors (Lipinski definition) is 1. The zero-order chi connectivity index (χ0) is 19.8. The number of esters is 1. The molecule has 5 nitrogen and oxygen atoms in total. The van der Waals surface area contributed by atoms with Crippen molar-refractivity contribution in [3.63, 3.8) is 0 Å². The maximum Gasteiger partial charge on any atom is 0.339 e. The summed E-state index contributed by atoms with van der Waals surface area (Å²) in [5.74, 6) is -3.49. The van der Waals surface area contributed by atoms with Crippen LogP contribution in [0.4, 0.5) is 14.5 Å². The minimum atomic E-state index is -2.52. The Balaban J connectivity index is 1.92. The second-order valence-electron chi connectivity index (χ2n) is 5.16. The molecule has 144 valence electrons. The van der Waals surface area contributed by atoms with E-state index in [2.05, 4.69) is 5.32 Å². The number of rotatable bonds is 8. The van der Waals surface area contributed by atoms with Crippen LogP contribution >= 0.6 is 11.8 Å². The number of benzene rings is 2. The fourth-order valence-electron chi connectivity index (χ4n) is 2.11. The molecule has 0 aliphatic carbocycles. The van der Waals surface area contributed by atoms with Gasteiger partial charge in [-0.15, -0.1) is 0 Å². The smallest absolute Gasteiger partial charge is 0.339 e. The third-order valence-electron chi connectivity index (χ3n) is 3.31. The van der Waals surface area contributed by atoms with Crippen LogP contribution in [0, 0.1) is 0 Å². The van der Waals surface area contributed by atoms with E-state index in [0.29, 0.717) is 33.0 Å². The Morgan fingerprint density at radius 3 is 2.44 bits per heavy atom. The summed E-state index contributed by atoms with van der Waals surface area (Å²) in [6.45, 7) is 1.20. The normalized spacial score (nSPS) is 11.9. The van der Waals surface area contributed by atoms with Crippen LogP contribution < -0.4 is 5.32 Å². The van der Waals surface area contributed by atoms with Crippen molar-refractivity contribution in [3.8, 4) is 0 Å². The van der Waals surface area contributed by atoms with Gasteiger partial charge in [-0.25, -0.2) is 4.79 Å². The Bertz CT molecular complexity index is 828. The van der Waals surface area contributed by atoms with Crippen molar-refractivity contribution in [1.29, 1.82) is 0 Å². The lowest BCUT2D eigenvalue weighted by atomic mass is 10.2. The predicted molar refractivity (Wildman–Crippen MR) is 101 cm³/mol. The zero-order valence-corrected chi connectivity index (χ0v) is 15.9. The summed E-state index contributed by atoms with van der Waals surface area (Å²) in [6.07, 6.45) is 0. The molecule has 1 amide bonds. The summed E-state index contributed by atoms with van der Waals surface area (Å²) in [6, 6.07) is 12.2. The molecule has 0 saturated carbocycles. The predicted octanol–water partition coefficient (Wildman–Crippen LogP) is 3.92. The Kier molecular flexibility index (Phi) is 7.93. The van der Waals surface area contributed by atoms with Gasteiger partial charge in [0.1, 0.15) is 0 Å². The van der Waals surface area contributed by atoms with E-state index >= 15 is 0 Å². The van der Waals surface area contributed by atoms with Crippen LogP contribution in [0.15, 0.2) is 58.3 Å². The minimum absolute atomic E-state index is 0.152. The molecule has 9 heteroatoms. The molecule has 2 rings (SSSR count). The maximum absolute atomic E-state index is 12.3. The van der Waals surface area contributed by atoms with Gasteiger partial charge in [0.2, 0.25) is 0 Å². The van der Waals surface area contributed by atoms with Gasteiger partial charge in [0.25, 0.3) is 11.7 Å². The first-order valence-electron chi connectivity index (χ1n) is 7.90. The Labute approximate surface area is 161 Å². The first-order valence-corrected chi connectivity index (χ1v) is 10.1. The van der Waals surface area contributed by atoms with Crippen molar-refractivity contribution in [3.05, 3.63) is 54.1 Å². The van der Waals surface area contributed by atoms with E-state index in [4.69, 9.17) is 4.74 Å². The van der Waals surface area contributed by atoms with Gasteiger partial charge in [0.05, 0.1) is 21.3 Å². The van der Waals surface area contributed by atoms with E-state index in [9.17, 15) is 22.6 Å². The molecule has 0 heterocycles. The van der Waals surface area contributed by atoms with Gasteiger partial charge in [-0.1, -0.05) is 30.8 Å². The van der Waals surface area contributed by atoms with Crippen LogP contribution in [0.5, 0.6) is 0 Å². The molecule has 0 saturated heterocycles. The van der Waals surface area contributed by atoms with E-state index in [1.54, 1.807) is 25.1 Å². The van der Waals surface area contributed by atoms with Gasteiger partial charge < -0.3 is 10.1 Å². The number of carbonyl (C=O) groups is 2. The van der Waals surface area contributed by atoms with Crippen LogP contribution in [-0.4, -0.2) is 34.2 Å². The molecular weight excluding hydrogens is 396 g/mol. The summed E-state index contributed by atoms with van der Waals surface area (Å²) >= 11 is 0.403. The molecule has 1 N–H and O–H groups in total. The first kappa shape index (κ1) is 21.0. The number of carbonyl (C=O) groups excluding carboxylic acids is 2. The molecule has 0 spiro atoms. The second-order valence-corrected chi connectivity index (χ2v) is 7.93. The standard InChI is InChI=1S/C18H17F2NO4S2/c1-2-27(24)15-6-4-3-5-14(15)17(23)25-11-16(22)21-12-7-9-13(10-8-12)26-18(19)20/h3-10,18H,2,11H2,1H3,(H,21,22)/t27-/m1/s1. The topological polar surface area (TPSA) is 72.5 Å². The van der Waals surface area contributed by atoms with Crippen LogP contribution in [-0.2, 0) is 20.3 Å². The highest BCUT2D eigenvalue weighted by atomic mass is 32.2. The molecule has 0 aromatic heterocycles. The van der Waals surface area contributed by atoms with E-state index in [1.807, 2.05) is 0 Å². The molecule has 0 bridgehead atoms. The number of nitrogens with one attached hydrogen (secondary N) is 1. The Morgan fingerprint density at radius 2 is 1.81 bits per heavy atom. The number of thioether (sulfide) groups is 1. The lowest BCUT2D eigenvalue weighted by Gasteiger charge is -2.09. The molecule has 2 aromatic rings. The molecule has 0 aliphatic heterocycles. The van der Waals surface area contributed by atoms with Gasteiger partial charge in [0.15, 0.2) is 6.61 Å². The molecule has 0 fully saturated rings. The summed E-state index contributed by atoms with van der Waals surface area (Å²) in [5.41, 5.74) is 0.543. The second kappa shape index (κ2) is 10.2. The van der Waals surface area contributed by atoms with Crippen molar-refractivity contribution >= 4 is 40.1 Å². The molecule has 0 unspecified atom stereocenters. The molecule has 0 radical (unpaired) electrons. The van der Waals surface area contributed by atoms with E-state index in [1.165, 1.54) is 30.3 Å². The Hall–Kier alpha value is -2.26. The lowest BCUT2D eigenvalue weighted by Crippen LogP contribution is -2.21. The highest BCUT2D eigenvalue weighted by molar-refractivity contribution is 7.99. The zero-order valence-electron chi connectivity index (χ0n) is 14.3. The van der Waals surface area contributed by atoms with Crippen LogP contribution in [0.3, 0.4) is 0 Å². The third kappa shape index (κ3) is 6.44. The van der Waals surface area contributed by atoms with Gasteiger partial charge in [-0.2, -0.15) is 8.78 Å². The van der Waals surface area contributed by atoms with Crippen molar-refractivity contribution in [2.45, 2.75) is 22.5 Å². The Morgan fingerprint density at radius 1 is 1.15 bits per heavy atom. The number of amides is 1. The minimum Gasteiger partial charge on any atom is -0.452 e. The molecule has 2 aromatic carbocycles. The monoisotopic (exact) mass is 413 g/mol. The third-order valence-corrected chi connectivity index (χ3v) is 5.41. The van der Waals surface area contributed by atoms with E-state index < -0.39 is 35.0 Å². The van der Waals surface area contributed by atoms with Crippen molar-refractivity contribution in [2.75, 3.05) is 17.7 Å². The summed E-state index contributed by atoms with van der Waals surface area (Å²) in [4.78, 5) is 24.8. The highest BCUT2D eigenvalue weighted by Gasteiger charge is 2.17. The average molecular weight is 413 g/mol. The van der Waals surface area contributed by atoms with Crippen LogP contribution in [0.1, 0.15) is 17.3 Å². The largest absolute Gasteiger partial charge is 0.452 e. The fourth-order valence-corrected chi connectivity index (χ4v) is 3.55. The van der Waals surface area contributed by atoms with Gasteiger partial charge >= 0.3 is 5.97 Å². The quantitative estimate of drug-likeness (QED) is 0.525. The summed E-state index contributed by atoms with van der Waals surface area (Å²) < 4.78 is 41.5. The summed E-state index contributed by atoms with van der Waals surface area (Å²) in [7, 11) is -1.33. The number of hydrogen-bond acceptors (Lipinski definition) is 5.